The number of hydrogen-bond acceptors (Lipinski definition) is 5. The second kappa shape index (κ2) is 6.05. The van der Waals surface area contributed by atoms with Crippen molar-refractivity contribution in [2.45, 2.75) is 37.1 Å². The summed E-state index contributed by atoms with van der Waals surface area (Å²) in [6.45, 7) is 1.59. The van der Waals surface area contributed by atoms with E-state index in [9.17, 15) is 4.79 Å². The molecule has 0 radical (unpaired) electrons. The average molecular weight is 347 g/mol. The molecular formula is C16H19ClN6O. The molecule has 1 atom stereocenters. The number of hydrogen-bond donors (Lipinski definition) is 2. The van der Waals surface area contributed by atoms with Gasteiger partial charge in [-0.2, -0.15) is 5.21 Å². The number of benzene rings is 1. The molecule has 2 heterocycles. The third-order valence-corrected chi connectivity index (χ3v) is 5.21. The zero-order valence-corrected chi connectivity index (χ0v) is 14.0. The largest absolute Gasteiger partial charge is 0.351 e. The maximum atomic E-state index is 12.9. The fourth-order valence-electron chi connectivity index (χ4n) is 3.43. The summed E-state index contributed by atoms with van der Waals surface area (Å²) in [6, 6.07) is 7.73. The van der Waals surface area contributed by atoms with E-state index >= 15 is 0 Å². The summed E-state index contributed by atoms with van der Waals surface area (Å²) >= 11 is 5.96. The van der Waals surface area contributed by atoms with Gasteiger partial charge in [-0.05, 0) is 48.6 Å². The minimum absolute atomic E-state index is 0.106. The van der Waals surface area contributed by atoms with Crippen molar-refractivity contribution in [1.29, 1.82) is 0 Å². The predicted molar refractivity (Wildman–Crippen MR) is 89.9 cm³/mol. The molecule has 0 spiro atoms. The van der Waals surface area contributed by atoms with Crippen LogP contribution in [-0.2, 0) is 10.2 Å². The SMILES string of the molecule is O=C(N[C@H]1CCCN(c2nn[nH]n2)C1)C1(c2ccc(Cl)cc2)CC1. The molecule has 1 amide bonds. The number of anilines is 1. The van der Waals surface area contributed by atoms with Crippen molar-refractivity contribution < 1.29 is 4.79 Å². The number of halogens is 1. The van der Waals surface area contributed by atoms with Gasteiger partial charge in [-0.3, -0.25) is 4.79 Å². The summed E-state index contributed by atoms with van der Waals surface area (Å²) in [4.78, 5) is 14.9. The lowest BCUT2D eigenvalue weighted by Crippen LogP contribution is -2.50. The Bertz CT molecular complexity index is 713. The van der Waals surface area contributed by atoms with Gasteiger partial charge in [0.2, 0.25) is 5.91 Å². The molecule has 126 valence electrons. The van der Waals surface area contributed by atoms with Gasteiger partial charge in [0, 0.05) is 24.2 Å². The first-order valence-corrected chi connectivity index (χ1v) is 8.61. The number of piperidine rings is 1. The first kappa shape index (κ1) is 15.4. The molecule has 1 aliphatic carbocycles. The number of aromatic amines is 1. The molecule has 0 unspecified atom stereocenters. The van der Waals surface area contributed by atoms with Gasteiger partial charge in [0.1, 0.15) is 0 Å². The number of amides is 1. The molecule has 2 aromatic rings. The van der Waals surface area contributed by atoms with Gasteiger partial charge >= 0.3 is 0 Å². The smallest absolute Gasteiger partial charge is 0.265 e. The highest BCUT2D eigenvalue weighted by molar-refractivity contribution is 6.30. The Hall–Kier alpha value is -2.15. The second-order valence-corrected chi connectivity index (χ2v) is 7.00. The van der Waals surface area contributed by atoms with Crippen LogP contribution in [0.15, 0.2) is 24.3 Å². The quantitative estimate of drug-likeness (QED) is 0.879. The Balaban J connectivity index is 1.43. The lowest BCUT2D eigenvalue weighted by atomic mass is 9.94. The van der Waals surface area contributed by atoms with E-state index in [0.29, 0.717) is 17.5 Å². The number of H-pyrrole nitrogens is 1. The first-order valence-electron chi connectivity index (χ1n) is 8.23. The number of carbonyl (C=O) groups is 1. The summed E-state index contributed by atoms with van der Waals surface area (Å²) in [7, 11) is 0. The van der Waals surface area contributed by atoms with Crippen LogP contribution in [0, 0.1) is 0 Å². The maximum absolute atomic E-state index is 12.9. The molecule has 1 saturated carbocycles. The molecule has 2 aliphatic rings. The molecule has 2 N–H and O–H groups in total. The van der Waals surface area contributed by atoms with Crippen LogP contribution in [0.5, 0.6) is 0 Å². The number of tetrazole rings is 1. The van der Waals surface area contributed by atoms with Gasteiger partial charge in [-0.15, -0.1) is 5.10 Å². The number of nitrogens with one attached hydrogen (secondary N) is 2. The van der Waals surface area contributed by atoms with Crippen LogP contribution < -0.4 is 10.2 Å². The number of carbonyl (C=O) groups excluding carboxylic acids is 1. The van der Waals surface area contributed by atoms with Gasteiger partial charge in [-0.1, -0.05) is 28.8 Å². The first-order chi connectivity index (χ1) is 11.7. The minimum Gasteiger partial charge on any atom is -0.351 e. The van der Waals surface area contributed by atoms with Gasteiger partial charge in [0.05, 0.1) is 5.41 Å². The van der Waals surface area contributed by atoms with Crippen molar-refractivity contribution in [2.75, 3.05) is 18.0 Å². The van der Waals surface area contributed by atoms with Crippen molar-refractivity contribution in [3.63, 3.8) is 0 Å². The molecule has 7 nitrogen and oxygen atoms in total. The van der Waals surface area contributed by atoms with E-state index in [1.807, 2.05) is 24.3 Å². The average Bonchev–Trinajstić information content (AvgIpc) is 3.22. The molecule has 4 rings (SSSR count). The Morgan fingerprint density at radius 2 is 2.12 bits per heavy atom. The highest BCUT2D eigenvalue weighted by Gasteiger charge is 2.51. The highest BCUT2D eigenvalue weighted by atomic mass is 35.5. The van der Waals surface area contributed by atoms with Crippen LogP contribution in [0.2, 0.25) is 5.02 Å². The molecule has 1 aliphatic heterocycles. The fraction of sp³-hybridized carbons (Fsp3) is 0.500. The standard InChI is InChI=1S/C16H19ClN6O/c17-12-5-3-11(4-6-12)16(7-8-16)14(24)18-13-2-1-9-23(10-13)15-19-21-22-20-15/h3-6,13H,1-2,7-10H2,(H,18,24)(H,19,20,21,22)/t13-/m0/s1. The third-order valence-electron chi connectivity index (χ3n) is 4.96. The molecule has 2 fully saturated rings. The maximum Gasteiger partial charge on any atom is 0.265 e. The van der Waals surface area contributed by atoms with Crippen LogP contribution in [0.25, 0.3) is 0 Å². The second-order valence-electron chi connectivity index (χ2n) is 6.56. The number of nitrogens with zero attached hydrogens (tertiary/aromatic N) is 4. The topological polar surface area (TPSA) is 86.8 Å². The van der Waals surface area contributed by atoms with Crippen molar-refractivity contribution in [1.82, 2.24) is 25.9 Å². The number of aromatic nitrogens is 4. The molecule has 24 heavy (non-hydrogen) atoms. The Labute approximate surface area is 144 Å². The summed E-state index contributed by atoms with van der Waals surface area (Å²) in [5.74, 6) is 0.706. The van der Waals surface area contributed by atoms with Gasteiger partial charge in [0.25, 0.3) is 5.95 Å². The zero-order chi connectivity index (χ0) is 16.6. The molecule has 1 aromatic carbocycles. The van der Waals surface area contributed by atoms with Gasteiger partial charge in [0.15, 0.2) is 0 Å². The zero-order valence-electron chi connectivity index (χ0n) is 13.2. The van der Waals surface area contributed by atoms with Gasteiger partial charge < -0.3 is 10.2 Å². The molecule has 8 heteroatoms. The molecule has 1 aromatic heterocycles. The summed E-state index contributed by atoms with van der Waals surface area (Å²) in [5, 5.41) is 18.0. The lowest BCUT2D eigenvalue weighted by molar-refractivity contribution is -0.124. The van der Waals surface area contributed by atoms with Crippen LogP contribution in [0.4, 0.5) is 5.95 Å². The lowest BCUT2D eigenvalue weighted by Gasteiger charge is -2.33. The van der Waals surface area contributed by atoms with Crippen LogP contribution >= 0.6 is 11.6 Å². The van der Waals surface area contributed by atoms with E-state index in [-0.39, 0.29) is 17.4 Å². The Morgan fingerprint density at radius 3 is 2.79 bits per heavy atom. The van der Waals surface area contributed by atoms with Crippen LogP contribution in [0.3, 0.4) is 0 Å². The highest BCUT2D eigenvalue weighted by Crippen LogP contribution is 2.48. The van der Waals surface area contributed by atoms with E-state index in [4.69, 9.17) is 11.6 Å². The minimum atomic E-state index is -0.376. The Morgan fingerprint density at radius 1 is 1.33 bits per heavy atom. The third kappa shape index (κ3) is 2.84. The van der Waals surface area contributed by atoms with E-state index in [1.54, 1.807) is 0 Å². The predicted octanol–water partition coefficient (Wildman–Crippen LogP) is 1.67. The molecule has 0 bridgehead atoms. The van der Waals surface area contributed by atoms with Crippen molar-refractivity contribution in [2.24, 2.45) is 0 Å². The van der Waals surface area contributed by atoms with E-state index in [2.05, 4.69) is 30.8 Å². The molecular weight excluding hydrogens is 328 g/mol. The summed E-state index contributed by atoms with van der Waals surface area (Å²) in [5.41, 5.74) is 0.675. The summed E-state index contributed by atoms with van der Waals surface area (Å²) < 4.78 is 0. The van der Waals surface area contributed by atoms with E-state index in [1.165, 1.54) is 0 Å². The normalized spacial score (nSPS) is 22.2. The van der Waals surface area contributed by atoms with Crippen LogP contribution in [0.1, 0.15) is 31.2 Å². The van der Waals surface area contributed by atoms with Crippen molar-refractivity contribution in [3.8, 4) is 0 Å². The Kier molecular flexibility index (Phi) is 3.88. The van der Waals surface area contributed by atoms with Crippen LogP contribution in [-0.4, -0.2) is 45.7 Å². The van der Waals surface area contributed by atoms with Crippen molar-refractivity contribution in [3.05, 3.63) is 34.9 Å². The van der Waals surface area contributed by atoms with Gasteiger partial charge in [-0.25, -0.2) is 0 Å². The molecule has 1 saturated heterocycles. The monoisotopic (exact) mass is 346 g/mol. The summed E-state index contributed by atoms with van der Waals surface area (Å²) in [6.07, 6.45) is 3.74. The fourth-order valence-corrected chi connectivity index (χ4v) is 3.56. The van der Waals surface area contributed by atoms with Crippen molar-refractivity contribution >= 4 is 23.5 Å². The number of rotatable bonds is 4. The van der Waals surface area contributed by atoms with E-state index in [0.717, 1.165) is 37.8 Å². The van der Waals surface area contributed by atoms with E-state index < -0.39 is 0 Å².